The Bertz CT molecular complexity index is 895. The number of amides is 1. The van der Waals surface area contributed by atoms with Gasteiger partial charge in [0, 0.05) is 6.42 Å². The van der Waals surface area contributed by atoms with Crippen molar-refractivity contribution in [3.63, 3.8) is 0 Å². The molecule has 0 aromatic rings. The second-order valence-corrected chi connectivity index (χ2v) is 13.1. The maximum Gasteiger partial charge on any atom is 0.326 e. The molecule has 0 aromatic carbocycles. The molecule has 37 heavy (non-hydrogen) atoms. The third-order valence-electron chi connectivity index (χ3n) is 11.3. The van der Waals surface area contributed by atoms with Crippen LogP contribution >= 0.6 is 0 Å². The zero-order valence-corrected chi connectivity index (χ0v) is 22.3. The summed E-state index contributed by atoms with van der Waals surface area (Å²) in [5.41, 5.74) is -0.0929. The van der Waals surface area contributed by atoms with E-state index in [1.807, 2.05) is 0 Å². The number of carbonyl (C=O) groups is 3. The fourth-order valence-electron chi connectivity index (χ4n) is 9.42. The molecular formula is C28H45NO8. The van der Waals surface area contributed by atoms with Crippen LogP contribution in [0.15, 0.2) is 0 Å². The molecule has 4 saturated carbocycles. The van der Waals surface area contributed by atoms with E-state index >= 15 is 0 Å². The van der Waals surface area contributed by atoms with Crippen molar-refractivity contribution in [2.45, 2.75) is 109 Å². The number of hydrogen-bond acceptors (Lipinski definition) is 6. The molecule has 0 aliphatic heterocycles. The zero-order chi connectivity index (χ0) is 27.3. The smallest absolute Gasteiger partial charge is 0.326 e. The third-order valence-corrected chi connectivity index (χ3v) is 11.3. The number of aliphatic carboxylic acids is 2. The second kappa shape index (κ2) is 10.5. The number of nitrogens with one attached hydrogen (secondary N) is 1. The summed E-state index contributed by atoms with van der Waals surface area (Å²) in [6.45, 7) is 6.71. The lowest BCUT2D eigenvalue weighted by molar-refractivity contribution is -0.223. The minimum Gasteiger partial charge on any atom is -0.481 e. The lowest BCUT2D eigenvalue weighted by Gasteiger charge is -2.63. The minimum absolute atomic E-state index is 0.0119. The third kappa shape index (κ3) is 5.03. The van der Waals surface area contributed by atoms with Gasteiger partial charge in [0.15, 0.2) is 0 Å². The molecule has 0 spiro atoms. The summed E-state index contributed by atoms with van der Waals surface area (Å²) in [6.07, 6.45) is 4.21. The van der Waals surface area contributed by atoms with Gasteiger partial charge in [-0.05, 0) is 97.7 Å². The van der Waals surface area contributed by atoms with Crippen LogP contribution in [0, 0.1) is 46.3 Å². The largest absolute Gasteiger partial charge is 0.481 e. The van der Waals surface area contributed by atoms with Gasteiger partial charge in [-0.3, -0.25) is 9.59 Å². The van der Waals surface area contributed by atoms with E-state index in [0.717, 1.165) is 38.5 Å². The number of hydrogen-bond donors (Lipinski definition) is 6. The highest BCUT2D eigenvalue weighted by Gasteiger charge is 2.65. The van der Waals surface area contributed by atoms with Crippen molar-refractivity contribution < 1.29 is 39.9 Å². The molecule has 9 nitrogen and oxygen atoms in total. The Labute approximate surface area is 219 Å². The SMILES string of the molecule is C[C@H](CCC(=O)N[C@@H](CC(=O)O)C(=O)O)[C@H]1CC[C@H]2[C@@H]3[C@@H](O)[C@@H](O)[C@@H]4C[C@H](O)CC[C@]4(C)[C@H]3CC[C@]12C. The zero-order valence-electron chi connectivity index (χ0n) is 22.3. The Balaban J connectivity index is 1.43. The van der Waals surface area contributed by atoms with Gasteiger partial charge in [-0.1, -0.05) is 20.8 Å². The lowest BCUT2D eigenvalue weighted by atomic mass is 9.43. The molecule has 9 heteroatoms. The Morgan fingerprint density at radius 1 is 0.892 bits per heavy atom. The van der Waals surface area contributed by atoms with Gasteiger partial charge in [0.25, 0.3) is 0 Å². The lowest BCUT2D eigenvalue weighted by Crippen LogP contribution is -2.64. The number of aliphatic hydroxyl groups is 3. The number of aliphatic hydroxyl groups excluding tert-OH is 3. The molecule has 210 valence electrons. The van der Waals surface area contributed by atoms with Crippen LogP contribution < -0.4 is 5.32 Å². The van der Waals surface area contributed by atoms with E-state index in [9.17, 15) is 34.8 Å². The highest BCUT2D eigenvalue weighted by atomic mass is 16.4. The van der Waals surface area contributed by atoms with Gasteiger partial charge >= 0.3 is 11.9 Å². The van der Waals surface area contributed by atoms with Crippen LogP contribution in [0.5, 0.6) is 0 Å². The summed E-state index contributed by atoms with van der Waals surface area (Å²) in [5, 5.41) is 53.3. The monoisotopic (exact) mass is 523 g/mol. The van der Waals surface area contributed by atoms with Crippen molar-refractivity contribution in [1.82, 2.24) is 5.32 Å². The molecule has 0 saturated heterocycles. The maximum atomic E-state index is 12.4. The van der Waals surface area contributed by atoms with E-state index in [-0.39, 0.29) is 40.9 Å². The van der Waals surface area contributed by atoms with Crippen molar-refractivity contribution >= 4 is 17.8 Å². The summed E-state index contributed by atoms with van der Waals surface area (Å²) >= 11 is 0. The van der Waals surface area contributed by atoms with Gasteiger partial charge in [0.2, 0.25) is 5.91 Å². The molecule has 0 radical (unpaired) electrons. The first-order chi connectivity index (χ1) is 17.3. The summed E-state index contributed by atoms with van der Waals surface area (Å²) in [6, 6.07) is -1.44. The minimum atomic E-state index is -1.44. The van der Waals surface area contributed by atoms with E-state index in [0.29, 0.717) is 24.7 Å². The van der Waals surface area contributed by atoms with Crippen molar-refractivity contribution in [2.24, 2.45) is 46.3 Å². The number of carbonyl (C=O) groups excluding carboxylic acids is 1. The van der Waals surface area contributed by atoms with Crippen LogP contribution in [0.3, 0.4) is 0 Å². The first-order valence-corrected chi connectivity index (χ1v) is 14.1. The van der Waals surface area contributed by atoms with Gasteiger partial charge in [-0.25, -0.2) is 4.79 Å². The van der Waals surface area contributed by atoms with Gasteiger partial charge in [0.1, 0.15) is 6.04 Å². The van der Waals surface area contributed by atoms with Crippen molar-refractivity contribution in [1.29, 1.82) is 0 Å². The Morgan fingerprint density at radius 3 is 2.19 bits per heavy atom. The van der Waals surface area contributed by atoms with E-state index in [4.69, 9.17) is 5.11 Å². The molecule has 0 aromatic heterocycles. The highest BCUT2D eigenvalue weighted by molar-refractivity contribution is 5.86. The summed E-state index contributed by atoms with van der Waals surface area (Å²) in [7, 11) is 0. The number of carboxylic acid groups (broad SMARTS) is 2. The fraction of sp³-hybridized carbons (Fsp3) is 0.893. The molecule has 0 bridgehead atoms. The molecule has 4 aliphatic carbocycles. The number of carboxylic acids is 2. The molecular weight excluding hydrogens is 478 g/mol. The average Bonchev–Trinajstić information content (AvgIpc) is 3.18. The standard InChI is InChI=1S/C28H45NO8/c1-14(4-7-21(31)29-20(26(36)37)13-22(32)33)16-5-6-17-23-18(9-11-27(16,17)2)28(3)10-8-15(30)12-19(28)24(34)25(23)35/h14-20,23-25,30,34-35H,4-13H2,1-3H3,(H,29,31)(H,32,33)(H,36,37)/t14-,15-,16-,17+,18+,19+,20+,23+,24+,25-,27-,28-/m1/s1. The first kappa shape index (κ1) is 28.3. The molecule has 6 N–H and O–H groups in total. The van der Waals surface area contributed by atoms with Gasteiger partial charge in [-0.2, -0.15) is 0 Å². The fourth-order valence-corrected chi connectivity index (χ4v) is 9.42. The molecule has 4 rings (SSSR count). The predicted octanol–water partition coefficient (Wildman–Crippen LogP) is 2.41. The quantitative estimate of drug-likeness (QED) is 0.282. The molecule has 4 fully saturated rings. The molecule has 0 unspecified atom stereocenters. The van der Waals surface area contributed by atoms with E-state index < -0.39 is 48.6 Å². The van der Waals surface area contributed by atoms with Crippen LogP contribution in [0.4, 0.5) is 0 Å². The van der Waals surface area contributed by atoms with Crippen LogP contribution in [0.25, 0.3) is 0 Å². The second-order valence-electron chi connectivity index (χ2n) is 13.1. The van der Waals surface area contributed by atoms with E-state index in [1.165, 1.54) is 0 Å². The molecule has 0 heterocycles. The van der Waals surface area contributed by atoms with Crippen LogP contribution in [-0.4, -0.2) is 67.7 Å². The van der Waals surface area contributed by atoms with Crippen molar-refractivity contribution in [3.05, 3.63) is 0 Å². The predicted molar refractivity (Wildman–Crippen MR) is 134 cm³/mol. The molecule has 4 aliphatic rings. The normalized spacial score (nSPS) is 44.6. The van der Waals surface area contributed by atoms with Gasteiger partial charge in [0.05, 0.1) is 24.7 Å². The summed E-state index contributed by atoms with van der Waals surface area (Å²) in [5.74, 6) is -1.97. The average molecular weight is 524 g/mol. The van der Waals surface area contributed by atoms with Crippen LogP contribution in [0.1, 0.15) is 85.0 Å². The van der Waals surface area contributed by atoms with Gasteiger partial charge < -0.3 is 30.8 Å². The Morgan fingerprint density at radius 2 is 1.54 bits per heavy atom. The molecule has 1 amide bonds. The van der Waals surface area contributed by atoms with E-state index in [2.05, 4.69) is 26.1 Å². The Hall–Kier alpha value is -1.71. The van der Waals surface area contributed by atoms with Gasteiger partial charge in [-0.15, -0.1) is 0 Å². The maximum absolute atomic E-state index is 12.4. The van der Waals surface area contributed by atoms with Crippen molar-refractivity contribution in [3.8, 4) is 0 Å². The Kier molecular flexibility index (Phi) is 8.00. The first-order valence-electron chi connectivity index (χ1n) is 14.1. The van der Waals surface area contributed by atoms with Crippen molar-refractivity contribution in [2.75, 3.05) is 0 Å². The topological polar surface area (TPSA) is 164 Å². The van der Waals surface area contributed by atoms with Crippen LogP contribution in [0.2, 0.25) is 0 Å². The number of fused-ring (bicyclic) bond motifs is 5. The van der Waals surface area contributed by atoms with E-state index in [1.54, 1.807) is 0 Å². The molecule has 12 atom stereocenters. The number of rotatable bonds is 8. The highest BCUT2D eigenvalue weighted by Crippen LogP contribution is 2.68. The van der Waals surface area contributed by atoms with Crippen LogP contribution in [-0.2, 0) is 14.4 Å². The summed E-state index contributed by atoms with van der Waals surface area (Å²) < 4.78 is 0. The summed E-state index contributed by atoms with van der Waals surface area (Å²) in [4.78, 5) is 34.6.